The summed E-state index contributed by atoms with van der Waals surface area (Å²) in [6.07, 6.45) is 0.180. The van der Waals surface area contributed by atoms with Crippen molar-refractivity contribution in [2.45, 2.75) is 24.0 Å². The number of benzene rings is 1. The molecule has 3 N–H and O–H groups in total. The SMILES string of the molecule is C[C@H](O)[C@@H]1COc2c(cn(C)c2C(=O)Nc2ccc(F)c(F)c2)S(=O)(=O)N1. The number of halogens is 2. The molecule has 0 aliphatic carbocycles. The second-order valence-corrected chi connectivity index (χ2v) is 7.83. The van der Waals surface area contributed by atoms with Crippen molar-refractivity contribution in [1.82, 2.24) is 9.29 Å². The molecule has 1 aromatic carbocycles. The fraction of sp³-hybridized carbons (Fsp3) is 0.312. The predicted octanol–water partition coefficient (Wildman–Crippen LogP) is 0.976. The molecule has 1 aliphatic heterocycles. The molecule has 3 rings (SSSR count). The minimum absolute atomic E-state index is 0.00897. The quantitative estimate of drug-likeness (QED) is 0.710. The predicted molar refractivity (Wildman–Crippen MR) is 91.0 cm³/mol. The number of nitrogens with zero attached hydrogens (tertiary/aromatic N) is 1. The molecule has 2 heterocycles. The molecule has 0 saturated heterocycles. The van der Waals surface area contributed by atoms with Gasteiger partial charge in [-0.2, -0.15) is 0 Å². The number of aromatic nitrogens is 1. The topological polar surface area (TPSA) is 110 Å². The number of hydrogen-bond donors (Lipinski definition) is 3. The Morgan fingerprint density at radius 1 is 1.41 bits per heavy atom. The molecule has 11 heteroatoms. The van der Waals surface area contributed by atoms with Crippen molar-refractivity contribution in [1.29, 1.82) is 0 Å². The Morgan fingerprint density at radius 3 is 2.74 bits per heavy atom. The molecule has 1 aliphatic rings. The maximum absolute atomic E-state index is 13.3. The third-order valence-electron chi connectivity index (χ3n) is 4.08. The van der Waals surface area contributed by atoms with Crippen LogP contribution in [0.1, 0.15) is 17.4 Å². The van der Waals surface area contributed by atoms with E-state index in [2.05, 4.69) is 10.0 Å². The van der Waals surface area contributed by atoms with Gasteiger partial charge in [-0.15, -0.1) is 0 Å². The van der Waals surface area contributed by atoms with E-state index in [1.54, 1.807) is 0 Å². The van der Waals surface area contributed by atoms with E-state index in [0.29, 0.717) is 0 Å². The molecule has 2 atom stereocenters. The Bertz CT molecular complexity index is 1000. The molecule has 146 valence electrons. The number of carbonyl (C=O) groups excluding carboxylic acids is 1. The normalized spacial score (nSPS) is 19.5. The van der Waals surface area contributed by atoms with Gasteiger partial charge < -0.3 is 19.7 Å². The number of sulfonamides is 1. The summed E-state index contributed by atoms with van der Waals surface area (Å²) >= 11 is 0. The highest BCUT2D eigenvalue weighted by Crippen LogP contribution is 2.33. The monoisotopic (exact) mass is 401 g/mol. The molecule has 0 bridgehead atoms. The minimum Gasteiger partial charge on any atom is -0.488 e. The van der Waals surface area contributed by atoms with Gasteiger partial charge in [0.1, 0.15) is 11.5 Å². The number of anilines is 1. The summed E-state index contributed by atoms with van der Waals surface area (Å²) in [5, 5.41) is 12.0. The van der Waals surface area contributed by atoms with Gasteiger partial charge in [0.15, 0.2) is 23.1 Å². The van der Waals surface area contributed by atoms with Crippen molar-refractivity contribution in [2.75, 3.05) is 11.9 Å². The molecular formula is C16H17F2N3O5S. The first-order valence-electron chi connectivity index (χ1n) is 7.89. The number of aryl methyl sites for hydroxylation is 1. The third kappa shape index (κ3) is 3.66. The number of nitrogens with one attached hydrogen (secondary N) is 2. The number of aliphatic hydroxyl groups is 1. The summed E-state index contributed by atoms with van der Waals surface area (Å²) in [6.45, 7) is 1.21. The molecular weight excluding hydrogens is 384 g/mol. The largest absolute Gasteiger partial charge is 0.488 e. The van der Waals surface area contributed by atoms with Gasteiger partial charge in [0, 0.05) is 25.0 Å². The lowest BCUT2D eigenvalue weighted by atomic mass is 10.2. The van der Waals surface area contributed by atoms with Crippen LogP contribution in [0.5, 0.6) is 5.75 Å². The number of aliphatic hydroxyl groups excluding tert-OH is 1. The van der Waals surface area contributed by atoms with Gasteiger partial charge in [0.25, 0.3) is 5.91 Å². The van der Waals surface area contributed by atoms with E-state index in [4.69, 9.17) is 4.74 Å². The van der Waals surface area contributed by atoms with Crippen LogP contribution in [0.3, 0.4) is 0 Å². The van der Waals surface area contributed by atoms with Crippen LogP contribution in [-0.4, -0.2) is 42.8 Å². The molecule has 1 amide bonds. The zero-order valence-corrected chi connectivity index (χ0v) is 15.2. The van der Waals surface area contributed by atoms with Gasteiger partial charge in [-0.05, 0) is 19.1 Å². The lowest BCUT2D eigenvalue weighted by Gasteiger charge is -2.18. The van der Waals surface area contributed by atoms with Crippen LogP contribution >= 0.6 is 0 Å². The highest BCUT2D eigenvalue weighted by Gasteiger charge is 2.35. The first kappa shape index (κ1) is 19.3. The average molecular weight is 401 g/mol. The minimum atomic E-state index is -4.04. The van der Waals surface area contributed by atoms with E-state index in [9.17, 15) is 27.1 Å². The zero-order valence-electron chi connectivity index (χ0n) is 14.4. The molecule has 0 unspecified atom stereocenters. The molecule has 0 fully saturated rings. The van der Waals surface area contributed by atoms with Crippen molar-refractivity contribution < 1.29 is 31.8 Å². The Labute approximate surface area is 153 Å². The summed E-state index contributed by atoms with van der Waals surface area (Å²) in [6, 6.07) is 1.93. The summed E-state index contributed by atoms with van der Waals surface area (Å²) < 4.78 is 60.4. The van der Waals surface area contributed by atoms with Crippen molar-refractivity contribution in [3.05, 3.63) is 41.7 Å². The molecule has 1 aromatic heterocycles. The number of rotatable bonds is 3. The highest BCUT2D eigenvalue weighted by molar-refractivity contribution is 7.89. The molecule has 0 saturated carbocycles. The molecule has 2 aromatic rings. The summed E-state index contributed by atoms with van der Waals surface area (Å²) in [7, 11) is -2.59. The maximum Gasteiger partial charge on any atom is 0.276 e. The fourth-order valence-electron chi connectivity index (χ4n) is 2.64. The van der Waals surface area contributed by atoms with E-state index in [-0.39, 0.29) is 28.6 Å². The second-order valence-electron chi connectivity index (χ2n) is 6.14. The van der Waals surface area contributed by atoms with Gasteiger partial charge in [-0.1, -0.05) is 0 Å². The fourth-order valence-corrected chi connectivity index (χ4v) is 4.13. The Kier molecular flexibility index (Phi) is 4.93. The van der Waals surface area contributed by atoms with E-state index in [0.717, 1.165) is 12.1 Å². The smallest absolute Gasteiger partial charge is 0.276 e. The van der Waals surface area contributed by atoms with Crippen molar-refractivity contribution in [2.24, 2.45) is 7.05 Å². The van der Waals surface area contributed by atoms with Gasteiger partial charge in [-0.3, -0.25) is 4.79 Å². The van der Waals surface area contributed by atoms with E-state index < -0.39 is 39.7 Å². The molecule has 27 heavy (non-hydrogen) atoms. The van der Waals surface area contributed by atoms with E-state index >= 15 is 0 Å². The lowest BCUT2D eigenvalue weighted by Crippen LogP contribution is -2.44. The van der Waals surface area contributed by atoms with Crippen LogP contribution < -0.4 is 14.8 Å². The zero-order chi connectivity index (χ0) is 19.9. The summed E-state index contributed by atoms with van der Waals surface area (Å²) in [5.74, 6) is -3.16. The molecule has 0 spiro atoms. The van der Waals surface area contributed by atoms with Gasteiger partial charge in [0.05, 0.1) is 12.1 Å². The summed E-state index contributed by atoms with van der Waals surface area (Å²) in [4.78, 5) is 12.3. The van der Waals surface area contributed by atoms with Crippen LogP contribution in [0, 0.1) is 11.6 Å². The number of fused-ring (bicyclic) bond motifs is 1. The van der Waals surface area contributed by atoms with Gasteiger partial charge >= 0.3 is 0 Å². The number of amides is 1. The number of hydrogen-bond acceptors (Lipinski definition) is 5. The first-order valence-corrected chi connectivity index (χ1v) is 9.37. The van der Waals surface area contributed by atoms with Crippen LogP contribution in [0.15, 0.2) is 29.3 Å². The Hall–Kier alpha value is -2.50. The second kappa shape index (κ2) is 6.91. The average Bonchev–Trinajstić information content (AvgIpc) is 2.85. The van der Waals surface area contributed by atoms with E-state index in [1.165, 1.54) is 30.8 Å². The van der Waals surface area contributed by atoms with Crippen molar-refractivity contribution in [3.63, 3.8) is 0 Å². The first-order chi connectivity index (χ1) is 12.6. The Balaban J connectivity index is 1.97. The molecule has 0 radical (unpaired) electrons. The van der Waals surface area contributed by atoms with Crippen LogP contribution in [0.4, 0.5) is 14.5 Å². The third-order valence-corrected chi connectivity index (χ3v) is 5.56. The van der Waals surface area contributed by atoms with Crippen LogP contribution in [0.2, 0.25) is 0 Å². The maximum atomic E-state index is 13.3. The number of ether oxygens (including phenoxy) is 1. The van der Waals surface area contributed by atoms with Gasteiger partial charge in [-0.25, -0.2) is 21.9 Å². The van der Waals surface area contributed by atoms with Crippen molar-refractivity contribution in [3.8, 4) is 5.75 Å². The summed E-state index contributed by atoms with van der Waals surface area (Å²) in [5.41, 5.74) is -0.128. The number of carbonyl (C=O) groups is 1. The van der Waals surface area contributed by atoms with Crippen LogP contribution in [-0.2, 0) is 17.1 Å². The Morgan fingerprint density at radius 2 is 2.11 bits per heavy atom. The lowest BCUT2D eigenvalue weighted by molar-refractivity contribution is 0.100. The van der Waals surface area contributed by atoms with E-state index in [1.807, 2.05) is 0 Å². The van der Waals surface area contributed by atoms with Gasteiger partial charge in [0.2, 0.25) is 10.0 Å². The highest BCUT2D eigenvalue weighted by atomic mass is 32.2. The molecule has 8 nitrogen and oxygen atoms in total. The van der Waals surface area contributed by atoms with Crippen LogP contribution in [0.25, 0.3) is 0 Å². The van der Waals surface area contributed by atoms with Crippen molar-refractivity contribution >= 4 is 21.6 Å². The standard InChI is InChI=1S/C16H17F2N3O5S/c1-8(22)12-7-26-15-13(27(24,25)20-12)6-21(2)14(15)16(23)19-9-3-4-10(17)11(18)5-9/h3-6,8,12,20,22H,7H2,1-2H3,(H,19,23)/t8-,12-/m0/s1.